The maximum Gasteiger partial charge on any atom is 0.254 e. The van der Waals surface area contributed by atoms with Gasteiger partial charge in [0.1, 0.15) is 18.0 Å². The van der Waals surface area contributed by atoms with Gasteiger partial charge in [0.05, 0.1) is 5.69 Å². The molecule has 1 fully saturated rings. The molecule has 26 heavy (non-hydrogen) atoms. The normalized spacial score (nSPS) is 17.4. The number of aromatic nitrogens is 2. The van der Waals surface area contributed by atoms with Crippen LogP contribution in [0.15, 0.2) is 54.9 Å². The first kappa shape index (κ1) is 16.6. The molecule has 0 unspecified atom stereocenters. The molecule has 1 atom stereocenters. The summed E-state index contributed by atoms with van der Waals surface area (Å²) in [5, 5.41) is 0. The maximum atomic E-state index is 12.7. The first-order valence-corrected chi connectivity index (χ1v) is 8.89. The zero-order chi connectivity index (χ0) is 17.9. The number of piperidine rings is 1. The number of hydrogen-bond acceptors (Lipinski definition) is 4. The highest BCUT2D eigenvalue weighted by Gasteiger charge is 2.22. The quantitative estimate of drug-likeness (QED) is 0.784. The van der Waals surface area contributed by atoms with Crippen LogP contribution in [0.5, 0.6) is 5.75 Å². The van der Waals surface area contributed by atoms with E-state index >= 15 is 0 Å². The second-order valence-corrected chi connectivity index (χ2v) is 6.67. The second kappa shape index (κ2) is 7.17. The van der Waals surface area contributed by atoms with Crippen molar-refractivity contribution >= 4 is 11.6 Å². The van der Waals surface area contributed by atoms with E-state index in [4.69, 9.17) is 10.5 Å². The van der Waals surface area contributed by atoms with Gasteiger partial charge in [-0.05, 0) is 43.2 Å². The van der Waals surface area contributed by atoms with Crippen molar-refractivity contribution in [2.45, 2.75) is 25.5 Å². The standard InChI is InChI=1S/C20H22N4O2/c21-16-6-4-10-24(12-16)20(25)15-5-3-7-18(11-15)26-14-17-13-23-9-2-1-8-19(23)22-17/h1-3,5,7-9,11,13,16H,4,6,10,12,14,21H2/t16-/m1/s1. The minimum atomic E-state index is 0.0123. The number of fused-ring (bicyclic) bond motifs is 1. The van der Waals surface area contributed by atoms with E-state index in [-0.39, 0.29) is 11.9 Å². The molecule has 4 rings (SSSR count). The summed E-state index contributed by atoms with van der Waals surface area (Å²) in [6, 6.07) is 13.2. The van der Waals surface area contributed by atoms with Crippen LogP contribution in [0.3, 0.4) is 0 Å². The monoisotopic (exact) mass is 350 g/mol. The summed E-state index contributed by atoms with van der Waals surface area (Å²) >= 11 is 0. The molecular weight excluding hydrogens is 328 g/mol. The lowest BCUT2D eigenvalue weighted by molar-refractivity contribution is 0.0708. The third-order valence-electron chi connectivity index (χ3n) is 4.63. The number of nitrogens with two attached hydrogens (primary N) is 1. The van der Waals surface area contributed by atoms with Crippen LogP contribution in [0.25, 0.3) is 5.65 Å². The smallest absolute Gasteiger partial charge is 0.254 e. The third kappa shape index (κ3) is 3.55. The third-order valence-corrected chi connectivity index (χ3v) is 4.63. The average molecular weight is 350 g/mol. The Kier molecular flexibility index (Phi) is 4.58. The first-order chi connectivity index (χ1) is 12.7. The number of pyridine rings is 1. The first-order valence-electron chi connectivity index (χ1n) is 8.89. The molecule has 1 amide bonds. The lowest BCUT2D eigenvalue weighted by Gasteiger charge is -2.30. The van der Waals surface area contributed by atoms with E-state index in [0.29, 0.717) is 24.5 Å². The van der Waals surface area contributed by atoms with Crippen molar-refractivity contribution in [3.8, 4) is 5.75 Å². The zero-order valence-corrected chi connectivity index (χ0v) is 14.5. The number of ether oxygens (including phenoxy) is 1. The van der Waals surface area contributed by atoms with Crippen molar-refractivity contribution in [2.75, 3.05) is 13.1 Å². The van der Waals surface area contributed by atoms with Crippen LogP contribution >= 0.6 is 0 Å². The highest BCUT2D eigenvalue weighted by molar-refractivity contribution is 5.94. The van der Waals surface area contributed by atoms with Gasteiger partial charge in [0.15, 0.2) is 0 Å². The molecule has 0 saturated carbocycles. The van der Waals surface area contributed by atoms with Crippen LogP contribution in [-0.4, -0.2) is 39.3 Å². The SMILES string of the molecule is N[C@@H]1CCCN(C(=O)c2cccc(OCc3cn4ccccc4n3)c2)C1. The fraction of sp³-hybridized carbons (Fsp3) is 0.300. The Morgan fingerprint density at radius 3 is 3.04 bits per heavy atom. The topological polar surface area (TPSA) is 72.9 Å². The molecule has 1 aliphatic rings. The minimum absolute atomic E-state index is 0.0123. The van der Waals surface area contributed by atoms with E-state index in [9.17, 15) is 4.79 Å². The number of amides is 1. The van der Waals surface area contributed by atoms with Gasteiger partial charge in [-0.1, -0.05) is 12.1 Å². The maximum absolute atomic E-state index is 12.7. The summed E-state index contributed by atoms with van der Waals surface area (Å²) in [4.78, 5) is 19.0. The van der Waals surface area contributed by atoms with Gasteiger partial charge in [-0.2, -0.15) is 0 Å². The van der Waals surface area contributed by atoms with Crippen LogP contribution < -0.4 is 10.5 Å². The number of rotatable bonds is 4. The van der Waals surface area contributed by atoms with Crippen LogP contribution in [0.4, 0.5) is 0 Å². The Bertz CT molecular complexity index is 888. The molecule has 3 aromatic rings. The number of likely N-dealkylation sites (tertiary alicyclic amines) is 1. The Morgan fingerprint density at radius 1 is 1.27 bits per heavy atom. The molecule has 6 heteroatoms. The summed E-state index contributed by atoms with van der Waals surface area (Å²) in [7, 11) is 0. The van der Waals surface area contributed by atoms with Crippen LogP contribution in [-0.2, 0) is 6.61 Å². The van der Waals surface area contributed by atoms with Gasteiger partial charge in [-0.15, -0.1) is 0 Å². The summed E-state index contributed by atoms with van der Waals surface area (Å²) in [6.07, 6.45) is 5.83. The molecule has 0 radical (unpaired) electrons. The van der Waals surface area contributed by atoms with Gasteiger partial charge in [-0.3, -0.25) is 4.79 Å². The summed E-state index contributed by atoms with van der Waals surface area (Å²) in [5.74, 6) is 0.674. The number of carbonyl (C=O) groups is 1. The molecule has 1 saturated heterocycles. The van der Waals surface area contributed by atoms with Gasteiger partial charge in [0.25, 0.3) is 5.91 Å². The van der Waals surface area contributed by atoms with Crippen molar-refractivity contribution in [2.24, 2.45) is 5.73 Å². The molecule has 2 N–H and O–H groups in total. The highest BCUT2D eigenvalue weighted by Crippen LogP contribution is 2.18. The second-order valence-electron chi connectivity index (χ2n) is 6.67. The number of carbonyl (C=O) groups excluding carboxylic acids is 1. The number of nitrogens with zero attached hydrogens (tertiary/aromatic N) is 3. The van der Waals surface area contributed by atoms with Crippen LogP contribution in [0.2, 0.25) is 0 Å². The predicted molar refractivity (Wildman–Crippen MR) is 99.1 cm³/mol. The van der Waals surface area contributed by atoms with Gasteiger partial charge in [0.2, 0.25) is 0 Å². The molecule has 0 bridgehead atoms. The number of hydrogen-bond donors (Lipinski definition) is 1. The fourth-order valence-electron chi connectivity index (χ4n) is 3.31. The van der Waals surface area contributed by atoms with Gasteiger partial charge in [-0.25, -0.2) is 4.98 Å². The number of imidazole rings is 1. The molecule has 6 nitrogen and oxygen atoms in total. The summed E-state index contributed by atoms with van der Waals surface area (Å²) < 4.78 is 7.81. The predicted octanol–water partition coefficient (Wildman–Crippen LogP) is 2.48. The Labute approximate surface area is 152 Å². The van der Waals surface area contributed by atoms with Gasteiger partial charge < -0.3 is 19.8 Å². The average Bonchev–Trinajstić information content (AvgIpc) is 3.09. The van der Waals surface area contributed by atoms with Crippen molar-refractivity contribution < 1.29 is 9.53 Å². The molecule has 2 aromatic heterocycles. The van der Waals surface area contributed by atoms with Crippen LogP contribution in [0.1, 0.15) is 28.9 Å². The lowest BCUT2D eigenvalue weighted by atomic mass is 10.1. The van der Waals surface area contributed by atoms with Crippen molar-refractivity contribution in [3.05, 3.63) is 66.1 Å². The molecule has 1 aliphatic heterocycles. The summed E-state index contributed by atoms with van der Waals surface area (Å²) in [6.45, 7) is 1.73. The van der Waals surface area contributed by atoms with Crippen molar-refractivity contribution in [1.29, 1.82) is 0 Å². The van der Waals surface area contributed by atoms with E-state index in [1.54, 1.807) is 6.07 Å². The van der Waals surface area contributed by atoms with Crippen molar-refractivity contribution in [3.63, 3.8) is 0 Å². The van der Waals surface area contributed by atoms with E-state index in [1.165, 1.54) is 0 Å². The van der Waals surface area contributed by atoms with E-state index in [1.807, 2.05) is 58.1 Å². The summed E-state index contributed by atoms with van der Waals surface area (Å²) in [5.41, 5.74) is 8.35. The van der Waals surface area contributed by atoms with E-state index < -0.39 is 0 Å². The Balaban J connectivity index is 1.44. The van der Waals surface area contributed by atoms with Crippen molar-refractivity contribution in [1.82, 2.24) is 14.3 Å². The van der Waals surface area contributed by atoms with Gasteiger partial charge in [0, 0.05) is 37.1 Å². The molecule has 0 spiro atoms. The minimum Gasteiger partial charge on any atom is -0.487 e. The molecule has 0 aliphatic carbocycles. The van der Waals surface area contributed by atoms with Crippen LogP contribution in [0, 0.1) is 0 Å². The largest absolute Gasteiger partial charge is 0.487 e. The Morgan fingerprint density at radius 2 is 2.19 bits per heavy atom. The van der Waals surface area contributed by atoms with E-state index in [2.05, 4.69) is 4.98 Å². The molecule has 1 aromatic carbocycles. The lowest BCUT2D eigenvalue weighted by Crippen LogP contribution is -2.45. The van der Waals surface area contributed by atoms with E-state index in [0.717, 1.165) is 30.7 Å². The molecular formula is C20H22N4O2. The highest BCUT2D eigenvalue weighted by atomic mass is 16.5. The molecule has 3 heterocycles. The number of benzene rings is 1. The fourth-order valence-corrected chi connectivity index (χ4v) is 3.31. The van der Waals surface area contributed by atoms with Gasteiger partial charge >= 0.3 is 0 Å². The zero-order valence-electron chi connectivity index (χ0n) is 14.5. The Hall–Kier alpha value is -2.86. The molecule has 134 valence electrons.